The summed E-state index contributed by atoms with van der Waals surface area (Å²) in [5, 5.41) is 8.92. The summed E-state index contributed by atoms with van der Waals surface area (Å²) < 4.78 is 15.7. The standard InChI is InChI=1S/C17H19ClFN5/c1-17(2,3)24-16-12(9-23-24)15(21-10-22-16)20-8-7-11-13(18)5-4-6-14(11)19/h4-6,9-10H,7-8H2,1-3H3,(H,20,21,22). The summed E-state index contributed by atoms with van der Waals surface area (Å²) in [5.41, 5.74) is 1.10. The fourth-order valence-electron chi connectivity index (χ4n) is 2.55. The number of fused-ring (bicyclic) bond motifs is 1. The summed E-state index contributed by atoms with van der Waals surface area (Å²) in [6.07, 6.45) is 3.72. The van der Waals surface area contributed by atoms with E-state index < -0.39 is 0 Å². The van der Waals surface area contributed by atoms with Crippen molar-refractivity contribution in [3.63, 3.8) is 0 Å². The normalized spacial score (nSPS) is 11.9. The van der Waals surface area contributed by atoms with Crippen LogP contribution in [0.25, 0.3) is 11.0 Å². The lowest BCUT2D eigenvalue weighted by Crippen LogP contribution is -2.23. The van der Waals surface area contributed by atoms with E-state index in [0.717, 1.165) is 11.0 Å². The van der Waals surface area contributed by atoms with Crippen LogP contribution in [0.5, 0.6) is 0 Å². The van der Waals surface area contributed by atoms with Crippen molar-refractivity contribution >= 4 is 28.5 Å². The van der Waals surface area contributed by atoms with Gasteiger partial charge in [0.2, 0.25) is 0 Å². The van der Waals surface area contributed by atoms with Crippen LogP contribution in [0, 0.1) is 5.82 Å². The van der Waals surface area contributed by atoms with Gasteiger partial charge >= 0.3 is 0 Å². The van der Waals surface area contributed by atoms with Crippen molar-refractivity contribution in [2.45, 2.75) is 32.7 Å². The molecule has 0 amide bonds. The zero-order valence-corrected chi connectivity index (χ0v) is 14.6. The molecule has 0 radical (unpaired) electrons. The minimum Gasteiger partial charge on any atom is -0.369 e. The molecule has 3 aromatic rings. The molecule has 0 aliphatic rings. The smallest absolute Gasteiger partial charge is 0.163 e. The van der Waals surface area contributed by atoms with E-state index in [9.17, 15) is 4.39 Å². The zero-order chi connectivity index (χ0) is 17.3. The van der Waals surface area contributed by atoms with Crippen molar-refractivity contribution in [2.24, 2.45) is 0 Å². The van der Waals surface area contributed by atoms with Gasteiger partial charge in [-0.2, -0.15) is 5.10 Å². The number of anilines is 1. The molecule has 1 aromatic carbocycles. The van der Waals surface area contributed by atoms with Crippen molar-refractivity contribution in [3.8, 4) is 0 Å². The maximum Gasteiger partial charge on any atom is 0.163 e. The Hall–Kier alpha value is -2.21. The van der Waals surface area contributed by atoms with Gasteiger partial charge in [0.15, 0.2) is 5.65 Å². The van der Waals surface area contributed by atoms with Crippen molar-refractivity contribution < 1.29 is 4.39 Å². The molecule has 0 atom stereocenters. The molecular weight excluding hydrogens is 329 g/mol. The number of aromatic nitrogens is 4. The third kappa shape index (κ3) is 3.19. The highest BCUT2D eigenvalue weighted by Gasteiger charge is 2.19. The molecule has 0 bridgehead atoms. The van der Waals surface area contributed by atoms with Gasteiger partial charge in [0.1, 0.15) is 18.0 Å². The van der Waals surface area contributed by atoms with Gasteiger partial charge in [-0.05, 0) is 39.3 Å². The second kappa shape index (κ2) is 6.36. The lowest BCUT2D eigenvalue weighted by molar-refractivity contribution is 0.366. The van der Waals surface area contributed by atoms with Crippen LogP contribution in [-0.4, -0.2) is 26.3 Å². The maximum atomic E-state index is 13.8. The molecule has 0 spiro atoms. The van der Waals surface area contributed by atoms with E-state index in [-0.39, 0.29) is 11.4 Å². The van der Waals surface area contributed by atoms with Gasteiger partial charge in [0, 0.05) is 17.1 Å². The number of benzene rings is 1. The number of nitrogens with zero attached hydrogens (tertiary/aromatic N) is 4. The SMILES string of the molecule is CC(C)(C)n1ncc2c(NCCc3c(F)cccc3Cl)ncnc21. The summed E-state index contributed by atoms with van der Waals surface area (Å²) in [6.45, 7) is 6.70. The minimum atomic E-state index is -0.294. The van der Waals surface area contributed by atoms with E-state index in [2.05, 4.69) is 41.2 Å². The molecule has 0 saturated heterocycles. The molecule has 2 heterocycles. The van der Waals surface area contributed by atoms with E-state index in [1.807, 2.05) is 4.68 Å². The van der Waals surface area contributed by atoms with Gasteiger partial charge in [0.25, 0.3) is 0 Å². The van der Waals surface area contributed by atoms with Crippen LogP contribution in [0.4, 0.5) is 10.2 Å². The third-order valence-corrected chi connectivity index (χ3v) is 4.08. The molecule has 0 aliphatic carbocycles. The van der Waals surface area contributed by atoms with Crippen LogP contribution in [0.2, 0.25) is 5.02 Å². The Bertz CT molecular complexity index is 849. The minimum absolute atomic E-state index is 0.173. The first-order valence-electron chi connectivity index (χ1n) is 7.74. The average Bonchev–Trinajstić information content (AvgIpc) is 2.95. The molecule has 0 unspecified atom stereocenters. The number of rotatable bonds is 4. The van der Waals surface area contributed by atoms with Crippen LogP contribution in [0.15, 0.2) is 30.7 Å². The van der Waals surface area contributed by atoms with E-state index >= 15 is 0 Å². The lowest BCUT2D eigenvalue weighted by atomic mass is 10.1. The molecule has 24 heavy (non-hydrogen) atoms. The van der Waals surface area contributed by atoms with Crippen LogP contribution in [0.3, 0.4) is 0 Å². The Balaban J connectivity index is 1.80. The summed E-state index contributed by atoms with van der Waals surface area (Å²) >= 11 is 6.05. The monoisotopic (exact) mass is 347 g/mol. The van der Waals surface area contributed by atoms with Crippen molar-refractivity contribution in [1.82, 2.24) is 19.7 Å². The fourth-order valence-corrected chi connectivity index (χ4v) is 2.81. The number of halogens is 2. The molecular formula is C17H19ClFN5. The van der Waals surface area contributed by atoms with Crippen molar-refractivity contribution in [1.29, 1.82) is 0 Å². The summed E-state index contributed by atoms with van der Waals surface area (Å²) in [4.78, 5) is 8.61. The molecule has 0 fully saturated rings. The van der Waals surface area contributed by atoms with Gasteiger partial charge in [0.05, 0.1) is 17.1 Å². The third-order valence-electron chi connectivity index (χ3n) is 3.73. The van der Waals surface area contributed by atoms with Crippen LogP contribution in [-0.2, 0) is 12.0 Å². The number of hydrogen-bond acceptors (Lipinski definition) is 4. The van der Waals surface area contributed by atoms with Crippen molar-refractivity contribution in [2.75, 3.05) is 11.9 Å². The van der Waals surface area contributed by atoms with Crippen LogP contribution < -0.4 is 5.32 Å². The predicted molar refractivity (Wildman–Crippen MR) is 93.9 cm³/mol. The predicted octanol–water partition coefficient (Wildman–Crippen LogP) is 4.03. The summed E-state index contributed by atoms with van der Waals surface area (Å²) in [7, 11) is 0. The van der Waals surface area contributed by atoms with Crippen LogP contribution >= 0.6 is 11.6 Å². The highest BCUT2D eigenvalue weighted by Crippen LogP contribution is 2.24. The first-order chi connectivity index (χ1) is 11.4. The molecule has 5 nitrogen and oxygen atoms in total. The molecule has 1 N–H and O–H groups in total. The summed E-state index contributed by atoms with van der Waals surface area (Å²) in [6, 6.07) is 4.71. The Kier molecular flexibility index (Phi) is 4.41. The zero-order valence-electron chi connectivity index (χ0n) is 13.8. The summed E-state index contributed by atoms with van der Waals surface area (Å²) in [5.74, 6) is 0.389. The Labute approximate surface area is 144 Å². The number of hydrogen-bond donors (Lipinski definition) is 1. The van der Waals surface area contributed by atoms with E-state index in [0.29, 0.717) is 29.4 Å². The first-order valence-corrected chi connectivity index (χ1v) is 8.11. The average molecular weight is 348 g/mol. The van der Waals surface area contributed by atoms with Crippen molar-refractivity contribution in [3.05, 3.63) is 47.1 Å². The van der Waals surface area contributed by atoms with E-state index in [1.54, 1.807) is 18.3 Å². The van der Waals surface area contributed by atoms with Gasteiger partial charge in [-0.1, -0.05) is 17.7 Å². The lowest BCUT2D eigenvalue weighted by Gasteiger charge is -2.19. The molecule has 7 heteroatoms. The molecule has 126 valence electrons. The van der Waals surface area contributed by atoms with E-state index in [1.165, 1.54) is 12.4 Å². The van der Waals surface area contributed by atoms with Gasteiger partial charge in [-0.25, -0.2) is 19.0 Å². The fraction of sp³-hybridized carbons (Fsp3) is 0.353. The van der Waals surface area contributed by atoms with Gasteiger partial charge in [-0.15, -0.1) is 0 Å². The van der Waals surface area contributed by atoms with E-state index in [4.69, 9.17) is 11.6 Å². The molecule has 2 aromatic heterocycles. The number of nitrogens with one attached hydrogen (secondary N) is 1. The highest BCUT2D eigenvalue weighted by molar-refractivity contribution is 6.31. The highest BCUT2D eigenvalue weighted by atomic mass is 35.5. The largest absolute Gasteiger partial charge is 0.369 e. The Morgan fingerprint density at radius 3 is 2.75 bits per heavy atom. The Morgan fingerprint density at radius 2 is 2.04 bits per heavy atom. The van der Waals surface area contributed by atoms with Gasteiger partial charge < -0.3 is 5.32 Å². The molecule has 3 rings (SSSR count). The topological polar surface area (TPSA) is 55.6 Å². The second-order valence-corrected chi connectivity index (χ2v) is 6.97. The quantitative estimate of drug-likeness (QED) is 0.774. The van der Waals surface area contributed by atoms with Crippen LogP contribution in [0.1, 0.15) is 26.3 Å². The Morgan fingerprint density at radius 1 is 1.25 bits per heavy atom. The second-order valence-electron chi connectivity index (χ2n) is 6.56. The first kappa shape index (κ1) is 16.6. The molecule has 0 aliphatic heterocycles. The van der Waals surface area contributed by atoms with Gasteiger partial charge in [-0.3, -0.25) is 0 Å². The maximum absolute atomic E-state index is 13.8. The molecule has 0 saturated carbocycles.